The lowest BCUT2D eigenvalue weighted by molar-refractivity contribution is -0.147. The fourth-order valence-corrected chi connectivity index (χ4v) is 1.97. The minimum atomic E-state index is -1.00. The van der Waals surface area contributed by atoms with Crippen molar-refractivity contribution in [1.82, 2.24) is 4.90 Å². The summed E-state index contributed by atoms with van der Waals surface area (Å²) in [5.41, 5.74) is 0.359. The average Bonchev–Trinajstić information content (AvgIpc) is 2.27. The molecule has 0 spiro atoms. The lowest BCUT2D eigenvalue weighted by Gasteiger charge is -2.34. The molecular formula is C14H18BrNO3. The number of carboxylic acids is 1. The molecule has 19 heavy (non-hydrogen) atoms. The second kappa shape index (κ2) is 6.19. The number of carboxylic acid groups (broad SMARTS) is 1. The van der Waals surface area contributed by atoms with Crippen LogP contribution in [-0.2, 0) is 16.0 Å². The molecule has 0 bridgehead atoms. The maximum atomic E-state index is 12.2. The predicted molar refractivity (Wildman–Crippen MR) is 76.9 cm³/mol. The Morgan fingerprint density at radius 2 is 1.74 bits per heavy atom. The van der Waals surface area contributed by atoms with Crippen molar-refractivity contribution in [3.63, 3.8) is 0 Å². The summed E-state index contributed by atoms with van der Waals surface area (Å²) >= 11 is 3.33. The Morgan fingerprint density at radius 1 is 1.21 bits per heavy atom. The van der Waals surface area contributed by atoms with Gasteiger partial charge < -0.3 is 10.0 Å². The molecule has 5 heteroatoms. The molecule has 0 saturated carbocycles. The van der Waals surface area contributed by atoms with Gasteiger partial charge in [0.15, 0.2) is 0 Å². The number of nitrogens with zero attached hydrogens (tertiary/aromatic N) is 1. The fraction of sp³-hybridized carbons (Fsp3) is 0.429. The largest absolute Gasteiger partial charge is 0.480 e. The highest BCUT2D eigenvalue weighted by Crippen LogP contribution is 2.16. The van der Waals surface area contributed by atoms with Gasteiger partial charge in [-0.05, 0) is 38.5 Å². The SMILES string of the molecule is CC(C)(C)N(CC(=O)O)C(=O)Cc1ccc(Br)cc1. The van der Waals surface area contributed by atoms with Crippen LogP contribution >= 0.6 is 15.9 Å². The Kier molecular flexibility index (Phi) is 5.11. The number of halogens is 1. The number of carbonyl (C=O) groups is 2. The van der Waals surface area contributed by atoms with Crippen LogP contribution in [0.2, 0.25) is 0 Å². The summed E-state index contributed by atoms with van der Waals surface area (Å²) in [6.07, 6.45) is 0.206. The molecule has 0 aromatic heterocycles. The molecule has 1 aromatic carbocycles. The van der Waals surface area contributed by atoms with Crippen LogP contribution in [-0.4, -0.2) is 34.0 Å². The molecule has 4 nitrogen and oxygen atoms in total. The summed E-state index contributed by atoms with van der Waals surface area (Å²) in [6, 6.07) is 7.43. The van der Waals surface area contributed by atoms with Crippen molar-refractivity contribution < 1.29 is 14.7 Å². The molecule has 1 rings (SSSR count). The standard InChI is InChI=1S/C14H18BrNO3/c1-14(2,3)16(9-13(18)19)12(17)8-10-4-6-11(15)7-5-10/h4-7H,8-9H2,1-3H3,(H,18,19). The molecule has 0 atom stereocenters. The van der Waals surface area contributed by atoms with Gasteiger partial charge in [-0.25, -0.2) is 0 Å². The van der Waals surface area contributed by atoms with Crippen LogP contribution in [0.5, 0.6) is 0 Å². The van der Waals surface area contributed by atoms with E-state index in [9.17, 15) is 9.59 Å². The van der Waals surface area contributed by atoms with E-state index in [-0.39, 0.29) is 18.9 Å². The van der Waals surface area contributed by atoms with Gasteiger partial charge in [0, 0.05) is 10.0 Å². The number of benzene rings is 1. The normalized spacial score (nSPS) is 11.2. The van der Waals surface area contributed by atoms with Crippen LogP contribution in [0, 0.1) is 0 Å². The molecule has 1 aromatic rings. The molecule has 0 radical (unpaired) electrons. The second-order valence-electron chi connectivity index (χ2n) is 5.35. The first-order valence-electron chi connectivity index (χ1n) is 5.97. The van der Waals surface area contributed by atoms with Gasteiger partial charge in [0.05, 0.1) is 6.42 Å². The van der Waals surface area contributed by atoms with E-state index in [0.29, 0.717) is 0 Å². The van der Waals surface area contributed by atoms with E-state index >= 15 is 0 Å². The smallest absolute Gasteiger partial charge is 0.323 e. The average molecular weight is 328 g/mol. The van der Waals surface area contributed by atoms with Crippen LogP contribution in [0.3, 0.4) is 0 Å². The van der Waals surface area contributed by atoms with Crippen molar-refractivity contribution in [2.24, 2.45) is 0 Å². The second-order valence-corrected chi connectivity index (χ2v) is 6.26. The zero-order valence-electron chi connectivity index (χ0n) is 11.3. The van der Waals surface area contributed by atoms with Crippen molar-refractivity contribution in [2.75, 3.05) is 6.54 Å². The first-order chi connectivity index (χ1) is 8.70. The Morgan fingerprint density at radius 3 is 2.16 bits per heavy atom. The van der Waals surface area contributed by atoms with Gasteiger partial charge in [0.2, 0.25) is 5.91 Å². The zero-order valence-corrected chi connectivity index (χ0v) is 12.9. The summed E-state index contributed by atoms with van der Waals surface area (Å²) in [6.45, 7) is 5.21. The molecule has 1 amide bonds. The Labute approximate surface area is 121 Å². The molecular weight excluding hydrogens is 310 g/mol. The van der Waals surface area contributed by atoms with Crippen LogP contribution < -0.4 is 0 Å². The highest BCUT2D eigenvalue weighted by atomic mass is 79.9. The Balaban J connectivity index is 2.82. The summed E-state index contributed by atoms with van der Waals surface area (Å²) < 4.78 is 0.946. The van der Waals surface area contributed by atoms with Crippen molar-refractivity contribution >= 4 is 27.8 Å². The van der Waals surface area contributed by atoms with Crippen LogP contribution in [0.25, 0.3) is 0 Å². The van der Waals surface area contributed by atoms with Crippen LogP contribution in [0.1, 0.15) is 26.3 Å². The molecule has 0 aliphatic rings. The number of carbonyl (C=O) groups excluding carboxylic acids is 1. The Hall–Kier alpha value is -1.36. The lowest BCUT2D eigenvalue weighted by Crippen LogP contribution is -2.48. The molecule has 0 fully saturated rings. The third-order valence-electron chi connectivity index (χ3n) is 2.67. The van der Waals surface area contributed by atoms with Crippen molar-refractivity contribution in [3.8, 4) is 0 Å². The van der Waals surface area contributed by atoms with E-state index in [1.165, 1.54) is 4.90 Å². The number of aliphatic carboxylic acids is 1. The third-order valence-corrected chi connectivity index (χ3v) is 3.20. The molecule has 1 N–H and O–H groups in total. The van der Waals surface area contributed by atoms with Crippen LogP contribution in [0.15, 0.2) is 28.7 Å². The minimum absolute atomic E-state index is 0.183. The topological polar surface area (TPSA) is 57.6 Å². The number of rotatable bonds is 4. The fourth-order valence-electron chi connectivity index (χ4n) is 1.71. The highest BCUT2D eigenvalue weighted by Gasteiger charge is 2.28. The third kappa shape index (κ3) is 5.03. The molecule has 0 aliphatic heterocycles. The van der Waals surface area contributed by atoms with Gasteiger partial charge in [0.1, 0.15) is 6.54 Å². The van der Waals surface area contributed by atoms with Gasteiger partial charge >= 0.3 is 5.97 Å². The lowest BCUT2D eigenvalue weighted by atomic mass is 10.0. The zero-order chi connectivity index (χ0) is 14.6. The van der Waals surface area contributed by atoms with E-state index < -0.39 is 11.5 Å². The minimum Gasteiger partial charge on any atom is -0.480 e. The van der Waals surface area contributed by atoms with Gasteiger partial charge in [-0.3, -0.25) is 9.59 Å². The first-order valence-corrected chi connectivity index (χ1v) is 6.76. The number of hydrogen-bond acceptors (Lipinski definition) is 2. The van der Waals surface area contributed by atoms with E-state index in [2.05, 4.69) is 15.9 Å². The van der Waals surface area contributed by atoms with Gasteiger partial charge in [-0.2, -0.15) is 0 Å². The maximum Gasteiger partial charge on any atom is 0.323 e. The summed E-state index contributed by atoms with van der Waals surface area (Å²) in [5.74, 6) is -1.18. The summed E-state index contributed by atoms with van der Waals surface area (Å²) in [4.78, 5) is 24.5. The molecule has 0 heterocycles. The van der Waals surface area contributed by atoms with E-state index in [0.717, 1.165) is 10.0 Å². The number of hydrogen-bond donors (Lipinski definition) is 1. The van der Waals surface area contributed by atoms with Crippen molar-refractivity contribution in [2.45, 2.75) is 32.7 Å². The van der Waals surface area contributed by atoms with E-state index in [4.69, 9.17) is 5.11 Å². The molecule has 0 saturated heterocycles. The predicted octanol–water partition coefficient (Wildman–Crippen LogP) is 2.70. The van der Waals surface area contributed by atoms with Crippen LogP contribution in [0.4, 0.5) is 0 Å². The summed E-state index contributed by atoms with van der Waals surface area (Å²) in [7, 11) is 0. The van der Waals surface area contributed by atoms with Crippen molar-refractivity contribution in [3.05, 3.63) is 34.3 Å². The first kappa shape index (κ1) is 15.7. The number of amides is 1. The van der Waals surface area contributed by atoms with Crippen molar-refractivity contribution in [1.29, 1.82) is 0 Å². The van der Waals surface area contributed by atoms with Gasteiger partial charge in [-0.1, -0.05) is 28.1 Å². The summed E-state index contributed by atoms with van der Waals surface area (Å²) in [5, 5.41) is 8.90. The molecule has 0 unspecified atom stereocenters. The monoisotopic (exact) mass is 327 g/mol. The molecule has 0 aliphatic carbocycles. The molecule has 104 valence electrons. The highest BCUT2D eigenvalue weighted by molar-refractivity contribution is 9.10. The Bertz CT molecular complexity index is 463. The quantitative estimate of drug-likeness (QED) is 0.924. The van der Waals surface area contributed by atoms with Gasteiger partial charge in [-0.15, -0.1) is 0 Å². The van der Waals surface area contributed by atoms with E-state index in [1.807, 2.05) is 45.0 Å². The van der Waals surface area contributed by atoms with Gasteiger partial charge in [0.25, 0.3) is 0 Å². The maximum absolute atomic E-state index is 12.2. The van der Waals surface area contributed by atoms with E-state index in [1.54, 1.807) is 0 Å².